The number of hydrogen-bond donors (Lipinski definition) is 1. The van der Waals surface area contributed by atoms with Crippen LogP contribution in [-0.2, 0) is 13.5 Å². The van der Waals surface area contributed by atoms with E-state index in [0.717, 1.165) is 11.3 Å². The van der Waals surface area contributed by atoms with Crippen LogP contribution in [0, 0.1) is 0 Å². The third-order valence-corrected chi connectivity index (χ3v) is 3.42. The number of rotatable bonds is 4. The fourth-order valence-corrected chi connectivity index (χ4v) is 2.12. The van der Waals surface area contributed by atoms with Gasteiger partial charge in [0.15, 0.2) is 0 Å². The maximum absolute atomic E-state index is 10.1. The summed E-state index contributed by atoms with van der Waals surface area (Å²) < 4.78 is 1.75. The van der Waals surface area contributed by atoms with Gasteiger partial charge >= 0.3 is 0 Å². The van der Waals surface area contributed by atoms with Crippen molar-refractivity contribution in [1.29, 1.82) is 0 Å². The number of thioether (sulfide) groups is 1. The van der Waals surface area contributed by atoms with Gasteiger partial charge in [0, 0.05) is 24.6 Å². The Morgan fingerprint density at radius 1 is 1.29 bits per heavy atom. The van der Waals surface area contributed by atoms with Crippen LogP contribution in [0.4, 0.5) is 0 Å². The first-order chi connectivity index (χ1) is 8.19. The van der Waals surface area contributed by atoms with Crippen LogP contribution in [0.5, 0.6) is 0 Å². The lowest BCUT2D eigenvalue weighted by Gasteiger charge is -2.09. The lowest BCUT2D eigenvalue weighted by Crippen LogP contribution is -2.02. The van der Waals surface area contributed by atoms with Gasteiger partial charge in [0.1, 0.15) is 0 Å². The van der Waals surface area contributed by atoms with Crippen molar-refractivity contribution in [2.75, 3.05) is 6.26 Å². The molecule has 1 atom stereocenters. The molecule has 2 rings (SSSR count). The van der Waals surface area contributed by atoms with Crippen molar-refractivity contribution in [3.8, 4) is 0 Å². The lowest BCUT2D eigenvalue weighted by molar-refractivity contribution is 0.177. The summed E-state index contributed by atoms with van der Waals surface area (Å²) in [6.45, 7) is 0. The molecule has 17 heavy (non-hydrogen) atoms. The SMILES string of the molecule is CSc1ccc(C(O)Cc2ccn(C)n2)cc1. The normalized spacial score (nSPS) is 12.6. The third kappa shape index (κ3) is 3.11. The zero-order valence-electron chi connectivity index (χ0n) is 10.00. The summed E-state index contributed by atoms with van der Waals surface area (Å²) in [5, 5.41) is 14.4. The van der Waals surface area contributed by atoms with Crippen molar-refractivity contribution >= 4 is 11.8 Å². The monoisotopic (exact) mass is 248 g/mol. The third-order valence-electron chi connectivity index (χ3n) is 2.67. The summed E-state index contributed by atoms with van der Waals surface area (Å²) >= 11 is 1.70. The van der Waals surface area contributed by atoms with E-state index in [1.165, 1.54) is 4.90 Å². The second-order valence-electron chi connectivity index (χ2n) is 3.97. The zero-order chi connectivity index (χ0) is 12.3. The number of benzene rings is 1. The van der Waals surface area contributed by atoms with Gasteiger partial charge in [-0.2, -0.15) is 5.10 Å². The Balaban J connectivity index is 2.06. The van der Waals surface area contributed by atoms with E-state index < -0.39 is 6.10 Å². The van der Waals surface area contributed by atoms with Gasteiger partial charge in [-0.3, -0.25) is 4.68 Å². The Bertz CT molecular complexity index is 478. The Labute approximate surface area is 105 Å². The standard InChI is InChI=1S/C13H16N2OS/c1-15-8-7-11(14-15)9-13(16)10-3-5-12(17-2)6-4-10/h3-8,13,16H,9H2,1-2H3. The Morgan fingerprint density at radius 3 is 2.53 bits per heavy atom. The minimum absolute atomic E-state index is 0.485. The minimum Gasteiger partial charge on any atom is -0.388 e. The van der Waals surface area contributed by atoms with E-state index in [1.807, 2.05) is 49.8 Å². The first-order valence-corrected chi connectivity index (χ1v) is 6.72. The Hall–Kier alpha value is -1.26. The van der Waals surface area contributed by atoms with Crippen LogP contribution in [-0.4, -0.2) is 21.1 Å². The summed E-state index contributed by atoms with van der Waals surface area (Å²) in [6.07, 6.45) is 4.00. The molecule has 1 aromatic carbocycles. The van der Waals surface area contributed by atoms with E-state index in [0.29, 0.717) is 6.42 Å². The molecule has 0 fully saturated rings. The largest absolute Gasteiger partial charge is 0.388 e. The van der Waals surface area contributed by atoms with Gasteiger partial charge in [-0.1, -0.05) is 12.1 Å². The van der Waals surface area contributed by atoms with Crippen LogP contribution in [0.2, 0.25) is 0 Å². The lowest BCUT2D eigenvalue weighted by atomic mass is 10.1. The van der Waals surface area contributed by atoms with Gasteiger partial charge < -0.3 is 5.11 Å². The first-order valence-electron chi connectivity index (χ1n) is 5.49. The molecule has 1 N–H and O–H groups in total. The molecule has 3 nitrogen and oxygen atoms in total. The maximum atomic E-state index is 10.1. The molecule has 2 aromatic rings. The zero-order valence-corrected chi connectivity index (χ0v) is 10.8. The number of aliphatic hydroxyl groups excluding tert-OH is 1. The Kier molecular flexibility index (Phi) is 3.86. The van der Waals surface area contributed by atoms with Gasteiger partial charge in [-0.25, -0.2) is 0 Å². The van der Waals surface area contributed by atoms with Crippen molar-refractivity contribution in [2.24, 2.45) is 7.05 Å². The molecular weight excluding hydrogens is 232 g/mol. The molecule has 0 aliphatic carbocycles. The van der Waals surface area contributed by atoms with Crippen molar-refractivity contribution in [3.63, 3.8) is 0 Å². The van der Waals surface area contributed by atoms with Crippen LogP contribution in [0.25, 0.3) is 0 Å². The molecule has 0 saturated heterocycles. The van der Waals surface area contributed by atoms with Crippen molar-refractivity contribution in [3.05, 3.63) is 47.8 Å². The van der Waals surface area contributed by atoms with E-state index in [2.05, 4.69) is 5.10 Å². The van der Waals surface area contributed by atoms with Crippen molar-refractivity contribution < 1.29 is 5.11 Å². The fourth-order valence-electron chi connectivity index (χ4n) is 1.71. The summed E-state index contributed by atoms with van der Waals surface area (Å²) in [6, 6.07) is 9.93. The van der Waals surface area contributed by atoms with Crippen LogP contribution >= 0.6 is 11.8 Å². The fraction of sp³-hybridized carbons (Fsp3) is 0.308. The predicted molar refractivity (Wildman–Crippen MR) is 70.1 cm³/mol. The predicted octanol–water partition coefficient (Wildman–Crippen LogP) is 2.42. The molecule has 0 aliphatic heterocycles. The van der Waals surface area contributed by atoms with Gasteiger partial charge in [-0.15, -0.1) is 11.8 Å². The van der Waals surface area contributed by atoms with Gasteiger partial charge in [-0.05, 0) is 30.0 Å². The molecule has 0 bridgehead atoms. The first kappa shape index (κ1) is 12.2. The van der Waals surface area contributed by atoms with E-state index >= 15 is 0 Å². The minimum atomic E-state index is -0.485. The second kappa shape index (κ2) is 5.38. The van der Waals surface area contributed by atoms with Crippen molar-refractivity contribution in [1.82, 2.24) is 9.78 Å². The quantitative estimate of drug-likeness (QED) is 0.844. The van der Waals surface area contributed by atoms with Crippen LogP contribution in [0.1, 0.15) is 17.4 Å². The molecule has 0 amide bonds. The molecule has 1 aromatic heterocycles. The smallest absolute Gasteiger partial charge is 0.0846 e. The highest BCUT2D eigenvalue weighted by atomic mass is 32.2. The number of aromatic nitrogens is 2. The number of aryl methyl sites for hydroxylation is 1. The molecule has 0 saturated carbocycles. The van der Waals surface area contributed by atoms with Gasteiger partial charge in [0.05, 0.1) is 11.8 Å². The van der Waals surface area contributed by atoms with E-state index in [-0.39, 0.29) is 0 Å². The molecular formula is C13H16N2OS. The van der Waals surface area contributed by atoms with Crippen LogP contribution < -0.4 is 0 Å². The maximum Gasteiger partial charge on any atom is 0.0846 e. The molecule has 4 heteroatoms. The van der Waals surface area contributed by atoms with E-state index in [9.17, 15) is 5.11 Å². The van der Waals surface area contributed by atoms with Gasteiger partial charge in [0.25, 0.3) is 0 Å². The van der Waals surface area contributed by atoms with Gasteiger partial charge in [0.2, 0.25) is 0 Å². The molecule has 90 valence electrons. The molecule has 0 radical (unpaired) electrons. The Morgan fingerprint density at radius 2 is 2.00 bits per heavy atom. The number of hydrogen-bond acceptors (Lipinski definition) is 3. The number of nitrogens with zero attached hydrogens (tertiary/aromatic N) is 2. The van der Waals surface area contributed by atoms with E-state index in [1.54, 1.807) is 16.4 Å². The van der Waals surface area contributed by atoms with Crippen LogP contribution in [0.3, 0.4) is 0 Å². The van der Waals surface area contributed by atoms with E-state index in [4.69, 9.17) is 0 Å². The second-order valence-corrected chi connectivity index (χ2v) is 4.85. The molecule has 1 unspecified atom stereocenters. The summed E-state index contributed by atoms with van der Waals surface area (Å²) in [4.78, 5) is 1.21. The topological polar surface area (TPSA) is 38.0 Å². The number of aliphatic hydroxyl groups is 1. The average molecular weight is 248 g/mol. The molecule has 0 spiro atoms. The summed E-state index contributed by atoms with van der Waals surface area (Å²) in [7, 11) is 1.88. The summed E-state index contributed by atoms with van der Waals surface area (Å²) in [5.74, 6) is 0. The molecule has 0 aliphatic rings. The average Bonchev–Trinajstić information content (AvgIpc) is 2.75. The van der Waals surface area contributed by atoms with Crippen LogP contribution in [0.15, 0.2) is 41.4 Å². The highest BCUT2D eigenvalue weighted by molar-refractivity contribution is 7.98. The molecule has 1 heterocycles. The summed E-state index contributed by atoms with van der Waals surface area (Å²) in [5.41, 5.74) is 1.85. The highest BCUT2D eigenvalue weighted by Crippen LogP contribution is 2.21. The van der Waals surface area contributed by atoms with Crippen molar-refractivity contribution in [2.45, 2.75) is 17.4 Å². The highest BCUT2D eigenvalue weighted by Gasteiger charge is 2.10.